The summed E-state index contributed by atoms with van der Waals surface area (Å²) in [6, 6.07) is 11.5. The third-order valence-corrected chi connectivity index (χ3v) is 5.57. The lowest BCUT2D eigenvalue weighted by molar-refractivity contribution is -0.141. The molecule has 150 valence electrons. The third-order valence-electron chi connectivity index (χ3n) is 3.78. The second-order valence-corrected chi connectivity index (χ2v) is 7.40. The molecule has 28 heavy (non-hydrogen) atoms. The first-order valence-corrected chi connectivity index (χ1v) is 9.78. The number of carbonyl (C=O) groups excluding carboxylic acids is 2. The Kier molecular flexibility index (Phi) is 7.00. The second kappa shape index (κ2) is 9.23. The van der Waals surface area contributed by atoms with Gasteiger partial charge in [0.1, 0.15) is 12.3 Å². The van der Waals surface area contributed by atoms with Gasteiger partial charge in [0.05, 0.1) is 37.0 Å². The predicted octanol–water partition coefficient (Wildman–Crippen LogP) is 2.24. The van der Waals surface area contributed by atoms with Crippen LogP contribution < -0.4 is 9.04 Å². The molecule has 0 aliphatic rings. The van der Waals surface area contributed by atoms with Crippen molar-refractivity contribution in [2.75, 3.05) is 31.7 Å². The van der Waals surface area contributed by atoms with Crippen LogP contribution >= 0.6 is 0 Å². The van der Waals surface area contributed by atoms with Crippen LogP contribution in [0.5, 0.6) is 5.75 Å². The van der Waals surface area contributed by atoms with Crippen molar-refractivity contribution >= 4 is 27.6 Å². The van der Waals surface area contributed by atoms with E-state index in [1.165, 1.54) is 62.8 Å². The minimum atomic E-state index is -4.12. The Balaban J connectivity index is 2.52. The van der Waals surface area contributed by atoms with E-state index in [9.17, 15) is 18.0 Å². The van der Waals surface area contributed by atoms with Crippen molar-refractivity contribution in [2.24, 2.45) is 0 Å². The molecule has 0 aromatic heterocycles. The Bertz CT molecular complexity index is 939. The Morgan fingerprint density at radius 1 is 1.04 bits per heavy atom. The van der Waals surface area contributed by atoms with E-state index < -0.39 is 28.5 Å². The fraction of sp³-hybridized carbons (Fsp3) is 0.263. The maximum Gasteiger partial charge on any atom is 0.337 e. The number of nitrogens with zero attached hydrogens (tertiary/aromatic N) is 1. The summed E-state index contributed by atoms with van der Waals surface area (Å²) >= 11 is 0. The first kappa shape index (κ1) is 21.2. The molecule has 0 bridgehead atoms. The van der Waals surface area contributed by atoms with Gasteiger partial charge in [0.2, 0.25) is 0 Å². The molecule has 9 heteroatoms. The molecule has 0 heterocycles. The number of carbonyl (C=O) groups is 2. The molecule has 0 spiro atoms. The molecule has 2 aromatic carbocycles. The van der Waals surface area contributed by atoms with Crippen LogP contribution in [-0.4, -0.2) is 47.7 Å². The minimum Gasteiger partial charge on any atom is -0.497 e. The van der Waals surface area contributed by atoms with Crippen LogP contribution in [0, 0.1) is 0 Å². The molecular formula is C19H21NO7S. The van der Waals surface area contributed by atoms with E-state index in [1.807, 2.05) is 0 Å². The standard InChI is InChI=1S/C19H21NO7S/c1-4-27-18(21)13-20(15-7-5-6-14(12-15)19(22)26-3)28(23,24)17-10-8-16(25-2)9-11-17/h5-12H,4,13H2,1-3H3. The number of anilines is 1. The highest BCUT2D eigenvalue weighted by molar-refractivity contribution is 7.92. The van der Waals surface area contributed by atoms with E-state index in [-0.39, 0.29) is 22.8 Å². The number of esters is 2. The Morgan fingerprint density at radius 2 is 1.71 bits per heavy atom. The topological polar surface area (TPSA) is 99.2 Å². The van der Waals surface area contributed by atoms with Crippen LogP contribution in [0.2, 0.25) is 0 Å². The first-order chi connectivity index (χ1) is 13.3. The van der Waals surface area contributed by atoms with Crippen molar-refractivity contribution in [1.29, 1.82) is 0 Å². The van der Waals surface area contributed by atoms with Gasteiger partial charge in [-0.2, -0.15) is 0 Å². The summed E-state index contributed by atoms with van der Waals surface area (Å²) in [7, 11) is -1.43. The van der Waals surface area contributed by atoms with Crippen LogP contribution in [0.3, 0.4) is 0 Å². The van der Waals surface area contributed by atoms with Crippen molar-refractivity contribution in [2.45, 2.75) is 11.8 Å². The van der Waals surface area contributed by atoms with Crippen LogP contribution in [0.25, 0.3) is 0 Å². The molecule has 0 N–H and O–H groups in total. The fourth-order valence-electron chi connectivity index (χ4n) is 2.42. The molecule has 0 saturated heterocycles. The van der Waals surface area contributed by atoms with Crippen molar-refractivity contribution in [3.63, 3.8) is 0 Å². The minimum absolute atomic E-state index is 0.0407. The molecule has 0 unspecified atom stereocenters. The highest BCUT2D eigenvalue weighted by Crippen LogP contribution is 2.26. The number of hydrogen-bond donors (Lipinski definition) is 0. The lowest BCUT2D eigenvalue weighted by Crippen LogP contribution is -2.36. The van der Waals surface area contributed by atoms with Gasteiger partial charge in [-0.05, 0) is 49.4 Å². The zero-order valence-electron chi connectivity index (χ0n) is 15.7. The molecule has 0 aliphatic heterocycles. The summed E-state index contributed by atoms with van der Waals surface area (Å²) < 4.78 is 41.9. The monoisotopic (exact) mass is 407 g/mol. The first-order valence-electron chi connectivity index (χ1n) is 8.34. The molecule has 2 aromatic rings. The summed E-state index contributed by atoms with van der Waals surface area (Å²) in [6.45, 7) is 1.18. The molecule has 2 rings (SSSR count). The zero-order chi connectivity index (χ0) is 20.7. The van der Waals surface area contributed by atoms with E-state index >= 15 is 0 Å². The Hall–Kier alpha value is -3.07. The number of rotatable bonds is 8. The fourth-order valence-corrected chi connectivity index (χ4v) is 3.82. The SMILES string of the molecule is CCOC(=O)CN(c1cccc(C(=O)OC)c1)S(=O)(=O)c1ccc(OC)cc1. The molecule has 0 aliphatic carbocycles. The molecule has 0 atom stereocenters. The van der Waals surface area contributed by atoms with Crippen LogP contribution in [0.1, 0.15) is 17.3 Å². The number of hydrogen-bond acceptors (Lipinski definition) is 7. The molecule has 0 amide bonds. The van der Waals surface area contributed by atoms with Gasteiger partial charge in [0, 0.05) is 0 Å². The van der Waals surface area contributed by atoms with Crippen LogP contribution in [0.15, 0.2) is 53.4 Å². The van der Waals surface area contributed by atoms with Gasteiger partial charge in [0.15, 0.2) is 0 Å². The van der Waals surface area contributed by atoms with E-state index in [0.717, 1.165) is 4.31 Å². The van der Waals surface area contributed by atoms with Crippen LogP contribution in [-0.2, 0) is 24.3 Å². The molecule has 0 saturated carbocycles. The summed E-state index contributed by atoms with van der Waals surface area (Å²) in [5.41, 5.74) is 0.283. The number of sulfonamides is 1. The van der Waals surface area contributed by atoms with Gasteiger partial charge in [-0.1, -0.05) is 6.07 Å². The third kappa shape index (κ3) is 4.80. The Morgan fingerprint density at radius 3 is 2.29 bits per heavy atom. The average molecular weight is 407 g/mol. The Labute approximate surface area is 163 Å². The van der Waals surface area contributed by atoms with Crippen molar-refractivity contribution in [3.05, 3.63) is 54.1 Å². The predicted molar refractivity (Wildman–Crippen MR) is 102 cm³/mol. The van der Waals surface area contributed by atoms with Gasteiger partial charge in [-0.3, -0.25) is 9.10 Å². The largest absolute Gasteiger partial charge is 0.497 e. The van der Waals surface area contributed by atoms with Crippen molar-refractivity contribution < 1.29 is 32.2 Å². The van der Waals surface area contributed by atoms with Gasteiger partial charge in [0.25, 0.3) is 10.0 Å². The smallest absolute Gasteiger partial charge is 0.337 e. The normalized spacial score (nSPS) is 10.8. The molecular weight excluding hydrogens is 386 g/mol. The van der Waals surface area contributed by atoms with E-state index in [4.69, 9.17) is 9.47 Å². The van der Waals surface area contributed by atoms with Gasteiger partial charge in [-0.15, -0.1) is 0 Å². The average Bonchev–Trinajstić information content (AvgIpc) is 2.71. The summed E-state index contributed by atoms with van der Waals surface area (Å²) in [4.78, 5) is 23.8. The zero-order valence-corrected chi connectivity index (χ0v) is 16.6. The van der Waals surface area contributed by atoms with Crippen LogP contribution in [0.4, 0.5) is 5.69 Å². The number of methoxy groups -OCH3 is 2. The highest BCUT2D eigenvalue weighted by Gasteiger charge is 2.28. The summed E-state index contributed by atoms with van der Waals surface area (Å²) in [5, 5.41) is 0. The van der Waals surface area contributed by atoms with Crippen molar-refractivity contribution in [3.8, 4) is 5.75 Å². The summed E-state index contributed by atoms with van der Waals surface area (Å²) in [5.74, 6) is -0.855. The number of ether oxygens (including phenoxy) is 3. The van der Waals surface area contributed by atoms with E-state index in [0.29, 0.717) is 5.75 Å². The lowest BCUT2D eigenvalue weighted by Gasteiger charge is -2.24. The molecule has 8 nitrogen and oxygen atoms in total. The molecule has 0 fully saturated rings. The lowest BCUT2D eigenvalue weighted by atomic mass is 10.2. The van der Waals surface area contributed by atoms with Gasteiger partial charge >= 0.3 is 11.9 Å². The molecule has 0 radical (unpaired) electrons. The maximum absolute atomic E-state index is 13.2. The summed E-state index contributed by atoms with van der Waals surface area (Å²) in [6.07, 6.45) is 0. The maximum atomic E-state index is 13.2. The van der Waals surface area contributed by atoms with E-state index in [1.54, 1.807) is 6.92 Å². The highest BCUT2D eigenvalue weighted by atomic mass is 32.2. The van der Waals surface area contributed by atoms with Crippen molar-refractivity contribution in [1.82, 2.24) is 0 Å². The number of benzene rings is 2. The van der Waals surface area contributed by atoms with Gasteiger partial charge in [-0.25, -0.2) is 13.2 Å². The van der Waals surface area contributed by atoms with E-state index in [2.05, 4.69) is 4.74 Å². The quantitative estimate of drug-likeness (QED) is 0.619. The second-order valence-electron chi connectivity index (χ2n) is 5.53. The van der Waals surface area contributed by atoms with Gasteiger partial charge < -0.3 is 14.2 Å².